The van der Waals surface area contributed by atoms with Crippen molar-refractivity contribution < 1.29 is 4.79 Å². The molecule has 0 aliphatic rings. The molecule has 1 N–H and O–H groups in total. The van der Waals surface area contributed by atoms with Gasteiger partial charge in [0.2, 0.25) is 5.91 Å². The fraction of sp³-hybridized carbons (Fsp3) is 0.208. The van der Waals surface area contributed by atoms with Gasteiger partial charge in [-0.05, 0) is 36.4 Å². The summed E-state index contributed by atoms with van der Waals surface area (Å²) in [5.41, 5.74) is 5.05. The normalized spacial score (nSPS) is 11.0. The highest BCUT2D eigenvalue weighted by Gasteiger charge is 2.14. The first-order valence-electron chi connectivity index (χ1n) is 9.98. The standard InChI is InChI=1S/C24H23N3O2S2/c1-16-3-7-18(8-4-16)13-25-21(28)15-31-24-26-20-11-12-30-22(20)23(29)27(24)14-19-9-5-17(2)6-10-19/h3-12H,13-15H2,1-2H3,(H,25,28). The van der Waals surface area contributed by atoms with Crippen molar-refractivity contribution in [3.63, 3.8) is 0 Å². The summed E-state index contributed by atoms with van der Waals surface area (Å²) < 4.78 is 2.31. The molecule has 5 nitrogen and oxygen atoms in total. The number of carbonyl (C=O) groups is 1. The van der Waals surface area contributed by atoms with Crippen LogP contribution in [0.25, 0.3) is 10.2 Å². The number of aromatic nitrogens is 2. The van der Waals surface area contributed by atoms with Crippen LogP contribution in [0.1, 0.15) is 22.3 Å². The van der Waals surface area contributed by atoms with E-state index >= 15 is 0 Å². The lowest BCUT2D eigenvalue weighted by atomic mass is 10.1. The van der Waals surface area contributed by atoms with Crippen molar-refractivity contribution in [1.29, 1.82) is 0 Å². The first-order valence-corrected chi connectivity index (χ1v) is 11.8. The first kappa shape index (κ1) is 21.3. The van der Waals surface area contributed by atoms with Crippen LogP contribution in [0.15, 0.2) is 69.9 Å². The van der Waals surface area contributed by atoms with Gasteiger partial charge < -0.3 is 5.32 Å². The molecule has 2 aromatic heterocycles. The van der Waals surface area contributed by atoms with Crippen molar-refractivity contribution in [3.8, 4) is 0 Å². The summed E-state index contributed by atoms with van der Waals surface area (Å²) in [6.07, 6.45) is 0. The van der Waals surface area contributed by atoms with Crippen LogP contribution in [0.4, 0.5) is 0 Å². The average molecular weight is 450 g/mol. The van der Waals surface area contributed by atoms with E-state index < -0.39 is 0 Å². The van der Waals surface area contributed by atoms with Crippen LogP contribution in [0.5, 0.6) is 0 Å². The maximum absolute atomic E-state index is 13.1. The molecule has 0 spiro atoms. The predicted molar refractivity (Wildman–Crippen MR) is 128 cm³/mol. The van der Waals surface area contributed by atoms with E-state index in [-0.39, 0.29) is 17.2 Å². The zero-order chi connectivity index (χ0) is 21.8. The number of fused-ring (bicyclic) bond motifs is 1. The van der Waals surface area contributed by atoms with Gasteiger partial charge in [-0.2, -0.15) is 0 Å². The molecule has 0 unspecified atom stereocenters. The molecule has 0 aliphatic heterocycles. The summed E-state index contributed by atoms with van der Waals surface area (Å²) >= 11 is 2.69. The number of thioether (sulfide) groups is 1. The first-order chi connectivity index (χ1) is 15.0. The van der Waals surface area contributed by atoms with Crippen LogP contribution < -0.4 is 10.9 Å². The minimum absolute atomic E-state index is 0.0665. The van der Waals surface area contributed by atoms with E-state index in [1.165, 1.54) is 34.2 Å². The molecule has 0 atom stereocenters. The van der Waals surface area contributed by atoms with E-state index in [0.717, 1.165) is 11.1 Å². The van der Waals surface area contributed by atoms with Crippen LogP contribution in [-0.2, 0) is 17.9 Å². The van der Waals surface area contributed by atoms with Crippen LogP contribution in [-0.4, -0.2) is 21.2 Å². The SMILES string of the molecule is Cc1ccc(CNC(=O)CSc2nc3ccsc3c(=O)n2Cc2ccc(C)cc2)cc1. The Morgan fingerprint density at radius 3 is 2.32 bits per heavy atom. The number of thiophene rings is 1. The quantitative estimate of drug-likeness (QED) is 0.333. The highest BCUT2D eigenvalue weighted by atomic mass is 32.2. The lowest BCUT2D eigenvalue weighted by Gasteiger charge is -2.12. The van der Waals surface area contributed by atoms with E-state index in [0.29, 0.717) is 28.5 Å². The molecule has 2 aromatic carbocycles. The van der Waals surface area contributed by atoms with E-state index in [2.05, 4.69) is 10.3 Å². The molecule has 0 saturated carbocycles. The molecule has 2 heterocycles. The minimum Gasteiger partial charge on any atom is -0.351 e. The summed E-state index contributed by atoms with van der Waals surface area (Å²) in [6.45, 7) is 4.97. The number of amides is 1. The van der Waals surface area contributed by atoms with Crippen LogP contribution in [0, 0.1) is 13.8 Å². The van der Waals surface area contributed by atoms with Gasteiger partial charge in [-0.3, -0.25) is 14.2 Å². The van der Waals surface area contributed by atoms with Crippen molar-refractivity contribution >= 4 is 39.2 Å². The second kappa shape index (κ2) is 9.49. The van der Waals surface area contributed by atoms with Gasteiger partial charge >= 0.3 is 0 Å². The third-order valence-corrected chi connectivity index (χ3v) is 6.80. The maximum atomic E-state index is 13.1. The Bertz CT molecular complexity index is 1260. The topological polar surface area (TPSA) is 64.0 Å². The third kappa shape index (κ3) is 5.24. The van der Waals surface area contributed by atoms with Gasteiger partial charge in [0, 0.05) is 6.54 Å². The van der Waals surface area contributed by atoms with Gasteiger partial charge in [0.15, 0.2) is 5.16 Å². The largest absolute Gasteiger partial charge is 0.351 e. The molecule has 4 aromatic rings. The molecule has 0 aliphatic carbocycles. The highest BCUT2D eigenvalue weighted by Crippen LogP contribution is 2.22. The Morgan fingerprint density at radius 2 is 1.65 bits per heavy atom. The Hall–Kier alpha value is -2.90. The number of rotatable bonds is 7. The smallest absolute Gasteiger partial charge is 0.272 e. The summed E-state index contributed by atoms with van der Waals surface area (Å²) in [5.74, 6) is 0.106. The molecule has 0 radical (unpaired) electrons. The molecular weight excluding hydrogens is 426 g/mol. The lowest BCUT2D eigenvalue weighted by Crippen LogP contribution is -2.26. The van der Waals surface area contributed by atoms with E-state index in [4.69, 9.17) is 0 Å². The fourth-order valence-corrected chi connectivity index (χ4v) is 4.74. The van der Waals surface area contributed by atoms with Crippen molar-refractivity contribution in [2.75, 3.05) is 5.75 Å². The van der Waals surface area contributed by atoms with E-state index in [1.807, 2.05) is 73.8 Å². The van der Waals surface area contributed by atoms with Crippen LogP contribution in [0.2, 0.25) is 0 Å². The number of nitrogens with zero attached hydrogens (tertiary/aromatic N) is 2. The summed E-state index contributed by atoms with van der Waals surface area (Å²) in [4.78, 5) is 30.2. The summed E-state index contributed by atoms with van der Waals surface area (Å²) in [6, 6.07) is 18.0. The van der Waals surface area contributed by atoms with Gasteiger partial charge in [0.1, 0.15) is 4.70 Å². The van der Waals surface area contributed by atoms with E-state index in [9.17, 15) is 9.59 Å². The van der Waals surface area contributed by atoms with Crippen molar-refractivity contribution in [2.45, 2.75) is 32.1 Å². The lowest BCUT2D eigenvalue weighted by molar-refractivity contribution is -0.118. The number of aryl methyl sites for hydroxylation is 2. The Morgan fingerprint density at radius 1 is 1.00 bits per heavy atom. The second-order valence-electron chi connectivity index (χ2n) is 7.46. The molecule has 158 valence electrons. The minimum atomic E-state index is -0.0906. The Balaban J connectivity index is 1.50. The third-order valence-electron chi connectivity index (χ3n) is 4.93. The van der Waals surface area contributed by atoms with Gasteiger partial charge in [-0.15, -0.1) is 11.3 Å². The number of carbonyl (C=O) groups excluding carboxylic acids is 1. The van der Waals surface area contributed by atoms with Gasteiger partial charge in [-0.1, -0.05) is 71.4 Å². The molecule has 0 bridgehead atoms. The number of hydrogen-bond donors (Lipinski definition) is 1. The molecule has 1 amide bonds. The van der Waals surface area contributed by atoms with Gasteiger partial charge in [0.25, 0.3) is 5.56 Å². The van der Waals surface area contributed by atoms with Crippen molar-refractivity contribution in [2.24, 2.45) is 0 Å². The summed E-state index contributed by atoms with van der Waals surface area (Å²) in [7, 11) is 0. The van der Waals surface area contributed by atoms with Gasteiger partial charge in [0.05, 0.1) is 17.8 Å². The maximum Gasteiger partial charge on any atom is 0.272 e. The second-order valence-corrected chi connectivity index (χ2v) is 9.32. The number of nitrogens with one attached hydrogen (secondary N) is 1. The van der Waals surface area contributed by atoms with Crippen molar-refractivity contribution in [3.05, 3.63) is 92.6 Å². The monoisotopic (exact) mass is 449 g/mol. The van der Waals surface area contributed by atoms with Crippen LogP contribution in [0.3, 0.4) is 0 Å². The number of benzene rings is 2. The molecule has 31 heavy (non-hydrogen) atoms. The predicted octanol–water partition coefficient (Wildman–Crippen LogP) is 4.53. The molecular formula is C24H23N3O2S2. The summed E-state index contributed by atoms with van der Waals surface area (Å²) in [5, 5.41) is 5.37. The number of hydrogen-bond acceptors (Lipinski definition) is 5. The molecule has 0 saturated heterocycles. The fourth-order valence-electron chi connectivity index (χ4n) is 3.14. The Labute approximate surface area is 189 Å². The molecule has 4 rings (SSSR count). The van der Waals surface area contributed by atoms with E-state index in [1.54, 1.807) is 4.57 Å². The zero-order valence-electron chi connectivity index (χ0n) is 17.4. The van der Waals surface area contributed by atoms with Crippen molar-refractivity contribution in [1.82, 2.24) is 14.9 Å². The highest BCUT2D eigenvalue weighted by molar-refractivity contribution is 7.99. The average Bonchev–Trinajstić information content (AvgIpc) is 3.24. The zero-order valence-corrected chi connectivity index (χ0v) is 19.1. The Kier molecular flexibility index (Phi) is 6.53. The molecule has 7 heteroatoms. The van der Waals surface area contributed by atoms with Gasteiger partial charge in [-0.25, -0.2) is 4.98 Å². The van der Waals surface area contributed by atoms with Crippen LogP contribution >= 0.6 is 23.1 Å². The molecule has 0 fully saturated rings.